The molecule has 1 aromatic rings. The van der Waals surface area contributed by atoms with Gasteiger partial charge in [0.1, 0.15) is 0 Å². The summed E-state index contributed by atoms with van der Waals surface area (Å²) in [5.74, 6) is 0.0673. The molecule has 7 heteroatoms. The molecule has 1 aromatic heterocycles. The molecule has 0 aliphatic carbocycles. The smallest absolute Gasteiger partial charge is 0.286 e. The molecule has 1 fully saturated rings. The first-order valence-corrected chi connectivity index (χ1v) is 8.14. The van der Waals surface area contributed by atoms with E-state index in [1.54, 1.807) is 12.1 Å². The summed E-state index contributed by atoms with van der Waals surface area (Å²) < 4.78 is 10.3. The van der Waals surface area contributed by atoms with Crippen molar-refractivity contribution >= 4 is 11.8 Å². The fourth-order valence-corrected chi connectivity index (χ4v) is 2.39. The summed E-state index contributed by atoms with van der Waals surface area (Å²) in [6.45, 7) is 5.69. The van der Waals surface area contributed by atoms with E-state index in [0.717, 1.165) is 39.3 Å². The van der Waals surface area contributed by atoms with E-state index in [1.807, 2.05) is 0 Å². The molecule has 1 aliphatic rings. The van der Waals surface area contributed by atoms with Gasteiger partial charge in [0.25, 0.3) is 5.91 Å². The van der Waals surface area contributed by atoms with Gasteiger partial charge < -0.3 is 19.8 Å². The van der Waals surface area contributed by atoms with E-state index in [4.69, 9.17) is 9.15 Å². The normalized spacial score (nSPS) is 15.3. The third-order valence-electron chi connectivity index (χ3n) is 3.69. The molecule has 0 unspecified atom stereocenters. The molecule has 2 heterocycles. The molecule has 23 heavy (non-hydrogen) atoms. The molecule has 1 aliphatic heterocycles. The number of hydrogen-bond donors (Lipinski definition) is 2. The van der Waals surface area contributed by atoms with Crippen molar-refractivity contribution in [1.29, 1.82) is 0 Å². The fraction of sp³-hybridized carbons (Fsp3) is 0.625. The number of amides is 2. The molecule has 1 saturated heterocycles. The number of nitrogens with zero attached hydrogens (tertiary/aromatic N) is 1. The average Bonchev–Trinajstić information content (AvgIpc) is 3.11. The van der Waals surface area contributed by atoms with E-state index >= 15 is 0 Å². The zero-order valence-corrected chi connectivity index (χ0v) is 13.4. The molecular weight excluding hydrogens is 298 g/mol. The number of hydrogen-bond acceptors (Lipinski definition) is 5. The Bertz CT molecular complexity index is 470. The van der Waals surface area contributed by atoms with Crippen LogP contribution >= 0.6 is 0 Å². The second kappa shape index (κ2) is 10.0. The molecule has 2 N–H and O–H groups in total. The number of carbonyl (C=O) groups is 2. The second-order valence-electron chi connectivity index (χ2n) is 5.49. The lowest BCUT2D eigenvalue weighted by atomic mass is 10.2. The van der Waals surface area contributed by atoms with Gasteiger partial charge in [-0.2, -0.15) is 0 Å². The van der Waals surface area contributed by atoms with Gasteiger partial charge in [0, 0.05) is 32.6 Å². The average molecular weight is 323 g/mol. The Hall–Kier alpha value is -1.86. The third-order valence-corrected chi connectivity index (χ3v) is 3.69. The predicted molar refractivity (Wildman–Crippen MR) is 85.2 cm³/mol. The maximum atomic E-state index is 11.7. The van der Waals surface area contributed by atoms with Crippen molar-refractivity contribution in [3.63, 3.8) is 0 Å². The van der Waals surface area contributed by atoms with Crippen molar-refractivity contribution in [2.75, 3.05) is 45.9 Å². The third kappa shape index (κ3) is 6.83. The van der Waals surface area contributed by atoms with E-state index in [1.165, 1.54) is 6.26 Å². The quantitative estimate of drug-likeness (QED) is 0.651. The Morgan fingerprint density at radius 1 is 1.13 bits per heavy atom. The summed E-state index contributed by atoms with van der Waals surface area (Å²) in [7, 11) is 0. The first-order chi connectivity index (χ1) is 11.3. The topological polar surface area (TPSA) is 83.8 Å². The van der Waals surface area contributed by atoms with Gasteiger partial charge in [-0.15, -0.1) is 0 Å². The van der Waals surface area contributed by atoms with Crippen LogP contribution in [0.3, 0.4) is 0 Å². The predicted octanol–water partition coefficient (Wildman–Crippen LogP) is 0.628. The summed E-state index contributed by atoms with van der Waals surface area (Å²) >= 11 is 0. The minimum absolute atomic E-state index is 0.0271. The lowest BCUT2D eigenvalue weighted by Crippen LogP contribution is -2.38. The highest BCUT2D eigenvalue weighted by Gasteiger charge is 2.10. The maximum absolute atomic E-state index is 11.7. The molecular formula is C16H25N3O4. The van der Waals surface area contributed by atoms with Gasteiger partial charge in [0.15, 0.2) is 5.76 Å². The molecule has 0 radical (unpaired) electrons. The Morgan fingerprint density at radius 2 is 1.91 bits per heavy atom. The van der Waals surface area contributed by atoms with E-state index in [0.29, 0.717) is 25.9 Å². The summed E-state index contributed by atoms with van der Waals surface area (Å²) in [5.41, 5.74) is 0. The zero-order chi connectivity index (χ0) is 16.3. The van der Waals surface area contributed by atoms with Crippen LogP contribution in [-0.4, -0.2) is 62.7 Å². The Labute approximate surface area is 136 Å². The van der Waals surface area contributed by atoms with Gasteiger partial charge in [0.2, 0.25) is 5.91 Å². The van der Waals surface area contributed by atoms with Crippen LogP contribution in [0.5, 0.6) is 0 Å². The van der Waals surface area contributed by atoms with E-state index < -0.39 is 0 Å². The van der Waals surface area contributed by atoms with Crippen LogP contribution in [0.4, 0.5) is 0 Å². The number of morpholine rings is 1. The Kier molecular flexibility index (Phi) is 7.62. The first-order valence-electron chi connectivity index (χ1n) is 8.14. The van der Waals surface area contributed by atoms with Crippen LogP contribution in [0.15, 0.2) is 22.8 Å². The first kappa shape index (κ1) is 17.5. The van der Waals surface area contributed by atoms with Crippen molar-refractivity contribution in [3.05, 3.63) is 24.2 Å². The van der Waals surface area contributed by atoms with Crippen molar-refractivity contribution in [2.24, 2.45) is 0 Å². The lowest BCUT2D eigenvalue weighted by Gasteiger charge is -2.26. The summed E-state index contributed by atoms with van der Waals surface area (Å²) in [5, 5.41) is 5.63. The monoisotopic (exact) mass is 323 g/mol. The van der Waals surface area contributed by atoms with Gasteiger partial charge in [0.05, 0.1) is 19.5 Å². The van der Waals surface area contributed by atoms with E-state index in [9.17, 15) is 9.59 Å². The molecule has 0 spiro atoms. The summed E-state index contributed by atoms with van der Waals surface area (Å²) in [4.78, 5) is 25.6. The van der Waals surface area contributed by atoms with Crippen LogP contribution in [0, 0.1) is 0 Å². The number of nitrogens with one attached hydrogen (secondary N) is 2. The maximum Gasteiger partial charge on any atom is 0.286 e. The number of ether oxygens (including phenoxy) is 1. The van der Waals surface area contributed by atoms with E-state index in [-0.39, 0.29) is 17.6 Å². The highest BCUT2D eigenvalue weighted by Crippen LogP contribution is 1.99. The summed E-state index contributed by atoms with van der Waals surface area (Å²) in [6.07, 6.45) is 3.43. The molecule has 2 rings (SSSR count). The molecule has 128 valence electrons. The highest BCUT2D eigenvalue weighted by molar-refractivity contribution is 5.91. The van der Waals surface area contributed by atoms with Crippen molar-refractivity contribution in [2.45, 2.75) is 19.3 Å². The van der Waals surface area contributed by atoms with Crippen LogP contribution in [-0.2, 0) is 9.53 Å². The standard InChI is InChI=1S/C16H25N3O4/c20-15(17-7-3-8-19-9-12-22-13-10-19)5-1-6-18-16(21)14-4-2-11-23-14/h2,4,11H,1,3,5-10,12-13H2,(H,17,20)(H,18,21). The van der Waals surface area contributed by atoms with E-state index in [2.05, 4.69) is 15.5 Å². The second-order valence-corrected chi connectivity index (χ2v) is 5.49. The van der Waals surface area contributed by atoms with Crippen LogP contribution in [0.1, 0.15) is 29.8 Å². The largest absolute Gasteiger partial charge is 0.459 e. The SMILES string of the molecule is O=C(CCCNC(=O)c1ccco1)NCCCN1CCOCC1. The molecule has 0 aromatic carbocycles. The van der Waals surface area contributed by atoms with Gasteiger partial charge >= 0.3 is 0 Å². The number of rotatable bonds is 9. The Balaban J connectivity index is 1.44. The summed E-state index contributed by atoms with van der Waals surface area (Å²) in [6, 6.07) is 3.27. The van der Waals surface area contributed by atoms with Gasteiger partial charge in [-0.1, -0.05) is 0 Å². The number of carbonyl (C=O) groups excluding carboxylic acids is 2. The molecule has 7 nitrogen and oxygen atoms in total. The van der Waals surface area contributed by atoms with Crippen LogP contribution in [0.2, 0.25) is 0 Å². The molecule has 0 atom stereocenters. The van der Waals surface area contributed by atoms with Crippen LogP contribution in [0.25, 0.3) is 0 Å². The van der Waals surface area contributed by atoms with Crippen LogP contribution < -0.4 is 10.6 Å². The van der Waals surface area contributed by atoms with Crippen molar-refractivity contribution in [3.8, 4) is 0 Å². The van der Waals surface area contributed by atoms with Gasteiger partial charge in [-0.05, 0) is 31.5 Å². The zero-order valence-electron chi connectivity index (χ0n) is 13.4. The molecule has 0 bridgehead atoms. The number of furan rings is 1. The minimum atomic E-state index is -0.249. The molecule has 2 amide bonds. The lowest BCUT2D eigenvalue weighted by molar-refractivity contribution is -0.121. The minimum Gasteiger partial charge on any atom is -0.459 e. The van der Waals surface area contributed by atoms with Gasteiger partial charge in [-0.25, -0.2) is 0 Å². The molecule has 0 saturated carbocycles. The van der Waals surface area contributed by atoms with Crippen molar-refractivity contribution < 1.29 is 18.7 Å². The van der Waals surface area contributed by atoms with Crippen molar-refractivity contribution in [1.82, 2.24) is 15.5 Å². The Morgan fingerprint density at radius 3 is 2.65 bits per heavy atom. The highest BCUT2D eigenvalue weighted by atomic mass is 16.5. The van der Waals surface area contributed by atoms with Gasteiger partial charge in [-0.3, -0.25) is 14.5 Å². The fourth-order valence-electron chi connectivity index (χ4n) is 2.39.